The van der Waals surface area contributed by atoms with Crippen LogP contribution in [-0.4, -0.2) is 37.0 Å². The Labute approximate surface area is 93.2 Å². The van der Waals surface area contributed by atoms with E-state index in [9.17, 15) is 4.79 Å². The van der Waals surface area contributed by atoms with Crippen molar-refractivity contribution in [3.63, 3.8) is 0 Å². The van der Waals surface area contributed by atoms with Gasteiger partial charge in [-0.15, -0.1) is 0 Å². The van der Waals surface area contributed by atoms with Crippen molar-refractivity contribution < 1.29 is 4.79 Å². The zero-order valence-corrected chi connectivity index (χ0v) is 10.4. The molecule has 0 spiro atoms. The van der Waals surface area contributed by atoms with Crippen molar-refractivity contribution in [3.05, 3.63) is 0 Å². The molecule has 1 saturated heterocycles. The third-order valence-electron chi connectivity index (χ3n) is 3.55. The minimum Gasteiger partial charge on any atom is -0.343 e. The summed E-state index contributed by atoms with van der Waals surface area (Å²) in [7, 11) is 1.94. The Hall–Kier alpha value is -0.570. The Morgan fingerprint density at radius 1 is 1.53 bits per heavy atom. The zero-order valence-electron chi connectivity index (χ0n) is 10.4. The number of carbonyl (C=O) groups excluding carboxylic acids is 1. The van der Waals surface area contributed by atoms with Crippen molar-refractivity contribution in [1.29, 1.82) is 0 Å². The van der Waals surface area contributed by atoms with Crippen molar-refractivity contribution in [2.75, 3.05) is 20.1 Å². The normalized spacial score (nSPS) is 27.7. The van der Waals surface area contributed by atoms with Gasteiger partial charge in [0.05, 0.1) is 5.92 Å². The van der Waals surface area contributed by atoms with Crippen molar-refractivity contribution in [2.45, 2.75) is 39.7 Å². The van der Waals surface area contributed by atoms with Gasteiger partial charge in [-0.25, -0.2) is 0 Å². The molecule has 0 radical (unpaired) electrons. The minimum absolute atomic E-state index is 0.189. The standard InChI is InChI=1S/C12H24N2O/c1-5-6-10(3)14(4)12(15)11-8-13-7-9(11)2/h9-11,13H,5-8H2,1-4H3/t9-,10?,11-/m1/s1. The topological polar surface area (TPSA) is 32.3 Å². The average Bonchev–Trinajstić information content (AvgIpc) is 2.62. The number of hydrogen-bond acceptors (Lipinski definition) is 2. The van der Waals surface area contributed by atoms with Gasteiger partial charge in [-0.1, -0.05) is 20.3 Å². The lowest BCUT2D eigenvalue weighted by molar-refractivity contribution is -0.136. The molecule has 1 aliphatic rings. The molecule has 0 aliphatic carbocycles. The van der Waals surface area contributed by atoms with Gasteiger partial charge in [0.25, 0.3) is 0 Å². The highest BCUT2D eigenvalue weighted by atomic mass is 16.2. The monoisotopic (exact) mass is 212 g/mol. The molecule has 1 N–H and O–H groups in total. The second kappa shape index (κ2) is 5.50. The van der Waals surface area contributed by atoms with Crippen molar-refractivity contribution in [3.8, 4) is 0 Å². The van der Waals surface area contributed by atoms with Crippen LogP contribution in [0.5, 0.6) is 0 Å². The lowest BCUT2D eigenvalue weighted by Gasteiger charge is -2.28. The molecule has 0 saturated carbocycles. The van der Waals surface area contributed by atoms with Crippen LogP contribution in [0.1, 0.15) is 33.6 Å². The van der Waals surface area contributed by atoms with Crippen LogP contribution >= 0.6 is 0 Å². The van der Waals surface area contributed by atoms with E-state index in [0.717, 1.165) is 25.9 Å². The molecule has 1 fully saturated rings. The molecule has 0 aromatic rings. The van der Waals surface area contributed by atoms with Gasteiger partial charge >= 0.3 is 0 Å². The van der Waals surface area contributed by atoms with Crippen LogP contribution in [-0.2, 0) is 4.79 Å². The molecule has 1 amide bonds. The van der Waals surface area contributed by atoms with Crippen LogP contribution in [0.15, 0.2) is 0 Å². The Kier molecular flexibility index (Phi) is 4.58. The maximum atomic E-state index is 12.2. The molecular weight excluding hydrogens is 188 g/mol. The van der Waals surface area contributed by atoms with Gasteiger partial charge < -0.3 is 10.2 Å². The Morgan fingerprint density at radius 3 is 2.67 bits per heavy atom. The summed E-state index contributed by atoms with van der Waals surface area (Å²) in [6, 6.07) is 0.371. The molecule has 0 aromatic heterocycles. The Morgan fingerprint density at radius 2 is 2.20 bits per heavy atom. The predicted molar refractivity (Wildman–Crippen MR) is 62.7 cm³/mol. The molecular formula is C12H24N2O. The first-order chi connectivity index (χ1) is 7.07. The molecule has 1 heterocycles. The molecule has 15 heavy (non-hydrogen) atoms. The van der Waals surface area contributed by atoms with Gasteiger partial charge in [0.15, 0.2) is 0 Å². The Bertz CT molecular complexity index is 218. The maximum Gasteiger partial charge on any atom is 0.227 e. The van der Waals surface area contributed by atoms with Crippen LogP contribution < -0.4 is 5.32 Å². The summed E-state index contributed by atoms with van der Waals surface area (Å²) in [5.41, 5.74) is 0. The van der Waals surface area contributed by atoms with Crippen molar-refractivity contribution in [2.24, 2.45) is 11.8 Å². The highest BCUT2D eigenvalue weighted by molar-refractivity contribution is 5.79. The summed E-state index contributed by atoms with van der Waals surface area (Å²) in [6.45, 7) is 8.28. The predicted octanol–water partition coefficient (Wildman–Crippen LogP) is 1.49. The third-order valence-corrected chi connectivity index (χ3v) is 3.55. The van der Waals surface area contributed by atoms with Gasteiger partial charge in [-0.2, -0.15) is 0 Å². The van der Waals surface area contributed by atoms with Crippen LogP contribution in [0.4, 0.5) is 0 Å². The number of carbonyl (C=O) groups is 1. The molecule has 1 rings (SSSR count). The first-order valence-electron chi connectivity index (χ1n) is 6.05. The molecule has 3 atom stereocenters. The highest BCUT2D eigenvalue weighted by Crippen LogP contribution is 2.19. The number of nitrogens with one attached hydrogen (secondary N) is 1. The van der Waals surface area contributed by atoms with Crippen LogP contribution in [0.3, 0.4) is 0 Å². The summed E-state index contributed by atoms with van der Waals surface area (Å²) in [6.07, 6.45) is 2.23. The average molecular weight is 212 g/mol. The Balaban J connectivity index is 2.51. The van der Waals surface area contributed by atoms with E-state index in [4.69, 9.17) is 0 Å². The number of nitrogens with zero attached hydrogens (tertiary/aromatic N) is 1. The van der Waals surface area contributed by atoms with Gasteiger partial charge in [0, 0.05) is 19.6 Å². The molecule has 0 bridgehead atoms. The lowest BCUT2D eigenvalue weighted by atomic mass is 9.96. The zero-order chi connectivity index (χ0) is 11.4. The number of hydrogen-bond donors (Lipinski definition) is 1. The van der Waals surface area contributed by atoms with E-state index in [1.54, 1.807) is 0 Å². The highest BCUT2D eigenvalue weighted by Gasteiger charge is 2.32. The number of rotatable bonds is 4. The third kappa shape index (κ3) is 2.94. The quantitative estimate of drug-likeness (QED) is 0.765. The smallest absolute Gasteiger partial charge is 0.227 e. The fraction of sp³-hybridized carbons (Fsp3) is 0.917. The van der Waals surface area contributed by atoms with E-state index >= 15 is 0 Å². The molecule has 1 aliphatic heterocycles. The summed E-state index contributed by atoms with van der Waals surface area (Å²) in [4.78, 5) is 14.1. The second-order valence-corrected chi connectivity index (χ2v) is 4.83. The largest absolute Gasteiger partial charge is 0.343 e. The lowest BCUT2D eigenvalue weighted by Crippen LogP contribution is -2.41. The minimum atomic E-state index is 0.189. The van der Waals surface area contributed by atoms with Gasteiger partial charge in [0.2, 0.25) is 5.91 Å². The summed E-state index contributed by atoms with van der Waals surface area (Å²) >= 11 is 0. The van der Waals surface area contributed by atoms with Crippen LogP contribution in [0.25, 0.3) is 0 Å². The SMILES string of the molecule is CCCC(C)N(C)C(=O)[C@@H]1CNC[C@H]1C. The first kappa shape index (κ1) is 12.5. The van der Waals surface area contributed by atoms with Crippen molar-refractivity contribution in [1.82, 2.24) is 10.2 Å². The van der Waals surface area contributed by atoms with Crippen molar-refractivity contribution >= 4 is 5.91 Å². The van der Waals surface area contributed by atoms with E-state index in [2.05, 4.69) is 26.1 Å². The van der Waals surface area contributed by atoms with Gasteiger partial charge in [-0.05, 0) is 25.8 Å². The van der Waals surface area contributed by atoms with E-state index in [1.165, 1.54) is 0 Å². The van der Waals surface area contributed by atoms with E-state index in [1.807, 2.05) is 11.9 Å². The second-order valence-electron chi connectivity index (χ2n) is 4.83. The van der Waals surface area contributed by atoms with Crippen LogP contribution in [0.2, 0.25) is 0 Å². The fourth-order valence-electron chi connectivity index (χ4n) is 2.23. The maximum absolute atomic E-state index is 12.2. The summed E-state index contributed by atoms with van der Waals surface area (Å²) < 4.78 is 0. The van der Waals surface area contributed by atoms with Gasteiger partial charge in [0.1, 0.15) is 0 Å². The molecule has 3 nitrogen and oxygen atoms in total. The van der Waals surface area contributed by atoms with E-state index in [0.29, 0.717) is 17.9 Å². The van der Waals surface area contributed by atoms with Gasteiger partial charge in [-0.3, -0.25) is 4.79 Å². The molecule has 1 unspecified atom stereocenters. The molecule has 3 heteroatoms. The first-order valence-corrected chi connectivity index (χ1v) is 6.05. The van der Waals surface area contributed by atoms with E-state index in [-0.39, 0.29) is 5.92 Å². The summed E-state index contributed by atoms with van der Waals surface area (Å²) in [5, 5.41) is 3.28. The fourth-order valence-corrected chi connectivity index (χ4v) is 2.23. The molecule has 88 valence electrons. The van der Waals surface area contributed by atoms with Crippen LogP contribution in [0, 0.1) is 11.8 Å². The van der Waals surface area contributed by atoms with E-state index < -0.39 is 0 Å². The molecule has 0 aromatic carbocycles. The number of amides is 1. The summed E-state index contributed by atoms with van der Waals surface area (Å²) in [5.74, 6) is 0.983.